The van der Waals surface area contributed by atoms with Crippen LogP contribution in [-0.4, -0.2) is 50.3 Å². The minimum Gasteiger partial charge on any atom is -0.461 e. The van der Waals surface area contributed by atoms with Crippen LogP contribution in [0.15, 0.2) is 62.8 Å². The zero-order valence-electron chi connectivity index (χ0n) is 20.0. The fraction of sp³-hybridized carbons (Fsp3) is 0.462. The lowest BCUT2D eigenvalue weighted by Gasteiger charge is -2.03. The molecule has 8 heteroatoms. The second-order valence-electron chi connectivity index (χ2n) is 6.74. The van der Waals surface area contributed by atoms with Gasteiger partial charge in [0, 0.05) is 25.0 Å². The van der Waals surface area contributed by atoms with Gasteiger partial charge in [-0.1, -0.05) is 76.3 Å². The van der Waals surface area contributed by atoms with Crippen molar-refractivity contribution in [2.45, 2.75) is 51.4 Å². The topological polar surface area (TPSA) is 105 Å². The van der Waals surface area contributed by atoms with E-state index < -0.39 is 11.9 Å². The van der Waals surface area contributed by atoms with Crippen LogP contribution in [0.2, 0.25) is 0 Å². The smallest absolute Gasteiger partial charge is 0.331 e. The van der Waals surface area contributed by atoms with Crippen LogP contribution in [0.3, 0.4) is 0 Å². The molecule has 0 aromatic carbocycles. The molecule has 0 aliphatic rings. The van der Waals surface area contributed by atoms with Gasteiger partial charge in [-0.25, -0.2) is 9.59 Å². The van der Waals surface area contributed by atoms with Crippen LogP contribution in [0.4, 0.5) is 0 Å². The maximum atomic E-state index is 11.2. The predicted octanol–water partition coefficient (Wildman–Crippen LogP) is 4.57. The van der Waals surface area contributed by atoms with Crippen molar-refractivity contribution in [1.82, 2.24) is 0 Å². The summed E-state index contributed by atoms with van der Waals surface area (Å²) in [5.41, 5.74) is 0. The van der Waals surface area contributed by atoms with E-state index in [1.54, 1.807) is 12.2 Å². The van der Waals surface area contributed by atoms with Gasteiger partial charge in [0.25, 0.3) is 0 Å². The Kier molecular flexibility index (Phi) is 24.9. The third-order valence-electron chi connectivity index (χ3n) is 3.78. The van der Waals surface area contributed by atoms with Crippen LogP contribution in [0.25, 0.3) is 0 Å². The molecule has 0 bridgehead atoms. The number of hydrogen-bond donors (Lipinski definition) is 0. The van der Waals surface area contributed by atoms with Crippen LogP contribution in [0.1, 0.15) is 51.4 Å². The first kappa shape index (κ1) is 32.8. The SMILES string of the molecule is C=CCOC(=O)C=CC(=O)OCC=C.C=CCOC(=O)CCCCCCCCC(=O)OCC=C. The van der Waals surface area contributed by atoms with Gasteiger partial charge in [-0.3, -0.25) is 9.59 Å². The summed E-state index contributed by atoms with van der Waals surface area (Å²) in [5.74, 6) is -1.54. The summed E-state index contributed by atoms with van der Waals surface area (Å²) >= 11 is 0. The molecule has 0 rings (SSSR count). The summed E-state index contributed by atoms with van der Waals surface area (Å²) in [6, 6.07) is 0. The average Bonchev–Trinajstić information content (AvgIpc) is 2.84. The summed E-state index contributed by atoms with van der Waals surface area (Å²) in [6.07, 6.45) is 14.8. The Hall–Kier alpha value is -3.42. The van der Waals surface area contributed by atoms with Gasteiger partial charge in [0.05, 0.1) is 0 Å². The van der Waals surface area contributed by atoms with Gasteiger partial charge in [-0.2, -0.15) is 0 Å². The minimum absolute atomic E-state index is 0.116. The van der Waals surface area contributed by atoms with E-state index in [0.717, 1.165) is 50.7 Å². The molecule has 0 aromatic rings. The first-order valence-corrected chi connectivity index (χ1v) is 11.2. The molecule has 0 aliphatic heterocycles. The molecule has 0 saturated carbocycles. The molecule has 0 N–H and O–H groups in total. The van der Waals surface area contributed by atoms with Crippen molar-refractivity contribution in [2.24, 2.45) is 0 Å². The summed E-state index contributed by atoms with van der Waals surface area (Å²) < 4.78 is 18.9. The number of unbranched alkanes of at least 4 members (excludes halogenated alkanes) is 5. The van der Waals surface area contributed by atoms with E-state index in [1.807, 2.05) is 0 Å². The summed E-state index contributed by atoms with van der Waals surface area (Å²) in [4.78, 5) is 43.9. The second-order valence-corrected chi connectivity index (χ2v) is 6.74. The highest BCUT2D eigenvalue weighted by molar-refractivity contribution is 5.91. The fourth-order valence-corrected chi connectivity index (χ4v) is 2.21. The molecule has 190 valence electrons. The van der Waals surface area contributed by atoms with Gasteiger partial charge in [-0.05, 0) is 12.8 Å². The van der Waals surface area contributed by atoms with E-state index in [9.17, 15) is 19.2 Å². The number of carbonyl (C=O) groups is 4. The molecule has 34 heavy (non-hydrogen) atoms. The number of hydrogen-bond acceptors (Lipinski definition) is 8. The number of ether oxygens (including phenoxy) is 4. The van der Waals surface area contributed by atoms with Crippen LogP contribution in [-0.2, 0) is 38.1 Å². The molecule has 0 heterocycles. The van der Waals surface area contributed by atoms with Crippen LogP contribution in [0, 0.1) is 0 Å². The highest BCUT2D eigenvalue weighted by atomic mass is 16.5. The van der Waals surface area contributed by atoms with Crippen molar-refractivity contribution in [1.29, 1.82) is 0 Å². The second kappa shape index (κ2) is 25.8. The molecule has 0 fully saturated rings. The summed E-state index contributed by atoms with van der Waals surface area (Å²) in [6.45, 7) is 14.5. The van der Waals surface area contributed by atoms with Crippen molar-refractivity contribution in [3.63, 3.8) is 0 Å². The van der Waals surface area contributed by atoms with Crippen molar-refractivity contribution in [2.75, 3.05) is 26.4 Å². The lowest BCUT2D eigenvalue weighted by molar-refractivity contribution is -0.143. The largest absolute Gasteiger partial charge is 0.461 e. The quantitative estimate of drug-likeness (QED) is 0.0874. The lowest BCUT2D eigenvalue weighted by Crippen LogP contribution is -2.04. The zero-order chi connectivity index (χ0) is 25.9. The Morgan fingerprint density at radius 1 is 0.471 bits per heavy atom. The van der Waals surface area contributed by atoms with Crippen LogP contribution >= 0.6 is 0 Å². The van der Waals surface area contributed by atoms with Crippen molar-refractivity contribution in [3.8, 4) is 0 Å². The van der Waals surface area contributed by atoms with Crippen LogP contribution < -0.4 is 0 Å². The molecule has 0 unspecified atom stereocenters. The number of esters is 4. The molecule has 0 aliphatic carbocycles. The third-order valence-corrected chi connectivity index (χ3v) is 3.78. The molecule has 0 atom stereocenters. The van der Waals surface area contributed by atoms with E-state index in [-0.39, 0.29) is 25.2 Å². The van der Waals surface area contributed by atoms with Crippen LogP contribution in [0.5, 0.6) is 0 Å². The average molecular weight is 479 g/mol. The Balaban J connectivity index is 0. The molecular weight excluding hydrogens is 440 g/mol. The molecule has 0 spiro atoms. The molecular formula is C26H38O8. The summed E-state index contributed by atoms with van der Waals surface area (Å²) in [5, 5.41) is 0. The normalized spacial score (nSPS) is 9.65. The van der Waals surface area contributed by atoms with Gasteiger partial charge in [-0.15, -0.1) is 0 Å². The van der Waals surface area contributed by atoms with Gasteiger partial charge >= 0.3 is 23.9 Å². The first-order valence-electron chi connectivity index (χ1n) is 11.2. The predicted molar refractivity (Wildman–Crippen MR) is 131 cm³/mol. The molecule has 0 aromatic heterocycles. The highest BCUT2D eigenvalue weighted by Gasteiger charge is 2.03. The Bertz CT molecular complexity index is 608. The number of rotatable bonds is 19. The lowest BCUT2D eigenvalue weighted by atomic mass is 10.1. The third kappa shape index (κ3) is 26.6. The maximum absolute atomic E-state index is 11.2. The zero-order valence-corrected chi connectivity index (χ0v) is 20.0. The van der Waals surface area contributed by atoms with E-state index in [4.69, 9.17) is 9.47 Å². The van der Waals surface area contributed by atoms with E-state index in [1.165, 1.54) is 12.2 Å². The van der Waals surface area contributed by atoms with Crippen molar-refractivity contribution < 1.29 is 38.1 Å². The van der Waals surface area contributed by atoms with E-state index in [2.05, 4.69) is 35.8 Å². The van der Waals surface area contributed by atoms with E-state index >= 15 is 0 Å². The highest BCUT2D eigenvalue weighted by Crippen LogP contribution is 2.09. The molecule has 0 saturated heterocycles. The van der Waals surface area contributed by atoms with Gasteiger partial charge < -0.3 is 18.9 Å². The summed E-state index contributed by atoms with van der Waals surface area (Å²) in [7, 11) is 0. The standard InChI is InChI=1S/C16H26O4.C10H12O4/c1-3-13-19-15(17)11-9-7-5-6-8-10-12-16(18)20-14-4-2;1-3-7-13-9(11)5-6-10(12)14-8-4-2/h3-4H,1-2,5-14H2;3-6H,1-2,7-8H2. The van der Waals surface area contributed by atoms with Crippen molar-refractivity contribution >= 4 is 23.9 Å². The minimum atomic E-state index is -0.611. The number of carbonyl (C=O) groups excluding carboxylic acids is 4. The monoisotopic (exact) mass is 478 g/mol. The van der Waals surface area contributed by atoms with Gasteiger partial charge in [0.1, 0.15) is 26.4 Å². The molecule has 8 nitrogen and oxygen atoms in total. The van der Waals surface area contributed by atoms with Crippen molar-refractivity contribution in [3.05, 3.63) is 62.8 Å². The van der Waals surface area contributed by atoms with Gasteiger partial charge in [0.2, 0.25) is 0 Å². The Morgan fingerprint density at radius 3 is 1.09 bits per heavy atom. The van der Waals surface area contributed by atoms with E-state index in [0.29, 0.717) is 26.1 Å². The Morgan fingerprint density at radius 2 is 0.765 bits per heavy atom. The Labute approximate surface area is 203 Å². The first-order chi connectivity index (χ1) is 16.4. The molecule has 0 radical (unpaired) electrons. The van der Waals surface area contributed by atoms with Gasteiger partial charge in [0.15, 0.2) is 0 Å². The maximum Gasteiger partial charge on any atom is 0.331 e. The molecule has 0 amide bonds. The fourth-order valence-electron chi connectivity index (χ4n) is 2.21.